The summed E-state index contributed by atoms with van der Waals surface area (Å²) in [6.45, 7) is 40.9. The molecule has 0 radical (unpaired) electrons. The monoisotopic (exact) mass is 959 g/mol. The van der Waals surface area contributed by atoms with Crippen molar-refractivity contribution in [3.05, 3.63) is 188 Å². The van der Waals surface area contributed by atoms with Gasteiger partial charge in [-0.15, -0.1) is 17.6 Å². The van der Waals surface area contributed by atoms with E-state index in [2.05, 4.69) is 204 Å². The molecule has 0 saturated carbocycles. The van der Waals surface area contributed by atoms with E-state index in [1.807, 2.05) is 24.3 Å². The molecule has 4 aliphatic rings. The predicted molar refractivity (Wildman–Crippen MR) is 289 cm³/mol. The first-order chi connectivity index (χ1) is 31.4. The van der Waals surface area contributed by atoms with Crippen LogP contribution in [-0.2, 0) is 49.0 Å². The molecule has 3 aromatic carbocycles. The third kappa shape index (κ3) is 10.3. The van der Waals surface area contributed by atoms with E-state index in [9.17, 15) is 5.11 Å². The molecule has 8 rings (SSSR count). The fourth-order valence-corrected chi connectivity index (χ4v) is 9.03. The second-order valence-electron chi connectivity index (χ2n) is 25.4. The molecule has 1 aromatic heterocycles. The van der Waals surface area contributed by atoms with Crippen molar-refractivity contribution < 1.29 is 21.6 Å². The third-order valence-electron chi connectivity index (χ3n) is 13.6. The minimum atomic E-state index is -0.118. The zero-order valence-electron chi connectivity index (χ0n) is 44.4. The van der Waals surface area contributed by atoms with Gasteiger partial charge in [-0.2, -0.15) is 0 Å². The molecule has 69 heavy (non-hydrogen) atoms. The number of benzene rings is 3. The topological polar surface area (TPSA) is 74.2 Å². The van der Waals surface area contributed by atoms with Crippen LogP contribution in [0.3, 0.4) is 0 Å². The van der Waals surface area contributed by atoms with Crippen molar-refractivity contribution in [1.82, 2.24) is 4.98 Å². The van der Waals surface area contributed by atoms with Crippen LogP contribution >= 0.6 is 0 Å². The molecule has 0 fully saturated rings. The van der Waals surface area contributed by atoms with Crippen LogP contribution in [0.25, 0.3) is 22.3 Å². The molecule has 6 heteroatoms. The molecule has 5 heterocycles. The number of allylic oxidation sites excluding steroid dienone is 9. The molecular weight excluding hydrogens is 887 g/mol. The van der Waals surface area contributed by atoms with Crippen molar-refractivity contribution in [2.75, 3.05) is 0 Å². The van der Waals surface area contributed by atoms with Crippen molar-refractivity contribution in [3.63, 3.8) is 0 Å². The van der Waals surface area contributed by atoms with Crippen LogP contribution in [0.5, 0.6) is 0 Å². The summed E-state index contributed by atoms with van der Waals surface area (Å²) in [5, 5.41) is 13.3. The molecule has 5 nitrogen and oxygen atoms in total. The van der Waals surface area contributed by atoms with Crippen LogP contribution in [0.1, 0.15) is 186 Å². The predicted octanol–water partition coefficient (Wildman–Crippen LogP) is 14.8. The van der Waals surface area contributed by atoms with E-state index in [1.165, 1.54) is 33.4 Å². The molecule has 0 saturated heterocycles. The molecular formula is C63H72N4NiO. The van der Waals surface area contributed by atoms with Gasteiger partial charge in [-0.1, -0.05) is 191 Å². The maximum Gasteiger partial charge on any atom is 2.00 e. The first-order valence-corrected chi connectivity index (χ1v) is 24.4. The molecule has 0 aliphatic carbocycles. The normalized spacial score (nSPS) is 17.3. The number of aliphatic imine (C=N–C) groups is 3. The minimum absolute atomic E-state index is 0. The molecule has 360 valence electrons. The molecule has 8 bridgehead atoms. The van der Waals surface area contributed by atoms with Gasteiger partial charge in [-0.05, 0) is 130 Å². The van der Waals surface area contributed by atoms with E-state index in [0.717, 1.165) is 73.9 Å². The summed E-state index contributed by atoms with van der Waals surface area (Å²) in [6.07, 6.45) is 13.5. The molecule has 0 amide bonds. The number of hydrogen-bond acceptors (Lipinski definition) is 4. The van der Waals surface area contributed by atoms with Crippen LogP contribution in [0.4, 0.5) is 0 Å². The van der Waals surface area contributed by atoms with Crippen molar-refractivity contribution >= 4 is 39.4 Å². The quantitative estimate of drug-likeness (QED) is 0.152. The van der Waals surface area contributed by atoms with Crippen LogP contribution in [-0.4, -0.2) is 17.1 Å². The molecule has 0 atom stereocenters. The Hall–Kier alpha value is -5.58. The standard InChI is InChI=1S/C63H73N4O.Ni/c1-58(2,3)40-27-37(28-41(33-40)59(4,5)6)55-49-21-19-47(64-49)46(36-68)48-20-22-50(65-48)56(38-29-42(60(7,8)9)34-43(30-38)61(10,11)12)52-24-26-54(67-52)57(53-25-23-51(55)66-53)39-31-44(62(13,14)15)35-45(32-39)63(16,17)18;/h19-36H,1-18H3,(H-,64,65,66,67,68);/q-1;+2/p-1. The van der Waals surface area contributed by atoms with Crippen molar-refractivity contribution in [3.8, 4) is 0 Å². The summed E-state index contributed by atoms with van der Waals surface area (Å²) in [5.41, 5.74) is 19.0. The van der Waals surface area contributed by atoms with Crippen molar-refractivity contribution in [2.45, 2.75) is 157 Å². The van der Waals surface area contributed by atoms with E-state index in [-0.39, 0.29) is 49.0 Å². The van der Waals surface area contributed by atoms with Crippen LogP contribution in [0, 0.1) is 0 Å². The van der Waals surface area contributed by atoms with Gasteiger partial charge in [0.25, 0.3) is 0 Å². The Bertz CT molecular complexity index is 2980. The van der Waals surface area contributed by atoms with Crippen molar-refractivity contribution in [1.29, 1.82) is 0 Å². The summed E-state index contributed by atoms with van der Waals surface area (Å²) >= 11 is 0. The van der Waals surface area contributed by atoms with Gasteiger partial charge in [0.05, 0.1) is 34.2 Å². The first-order valence-electron chi connectivity index (χ1n) is 24.4. The number of nitrogens with zero attached hydrogens (tertiary/aromatic N) is 4. The Balaban J connectivity index is 0.00000703. The van der Waals surface area contributed by atoms with Crippen LogP contribution in [0.15, 0.2) is 142 Å². The zero-order chi connectivity index (χ0) is 49.7. The largest absolute Gasteiger partial charge is 2.00 e. The number of fused-ring (bicyclic) bond motifs is 5. The van der Waals surface area contributed by atoms with E-state index in [4.69, 9.17) is 20.0 Å². The molecule has 4 aromatic rings. The van der Waals surface area contributed by atoms with Gasteiger partial charge in [0, 0.05) is 11.1 Å². The summed E-state index contributed by atoms with van der Waals surface area (Å²) in [5.74, 6) is 0. The second-order valence-corrected chi connectivity index (χ2v) is 25.4. The number of hydrogen-bond donors (Lipinski definition) is 0. The van der Waals surface area contributed by atoms with Gasteiger partial charge in [0.15, 0.2) is 0 Å². The average Bonchev–Trinajstić information content (AvgIpc) is 4.07. The van der Waals surface area contributed by atoms with Crippen molar-refractivity contribution in [2.24, 2.45) is 15.0 Å². The van der Waals surface area contributed by atoms with Gasteiger partial charge in [0.1, 0.15) is 0 Å². The SMILES string of the molecule is CC(C)(C)c1cc(C2=C3C=CC(=N3)C(c3cc(C(C)(C)C)cc(C(C)(C)C)c3)=C3C=CC(=N3)/C(=C\[O-])c3ccc([n-]3)C(c3cc(C(C)(C)C)cc(C(C)(C)C)c3)=C3C=CC2=N3)cc(C(C)(C)C)c1.[Ni+2]. The molecule has 0 unspecified atom stereocenters. The third-order valence-corrected chi connectivity index (χ3v) is 13.6. The van der Waals surface area contributed by atoms with Gasteiger partial charge in [-0.3, -0.25) is 0 Å². The fourth-order valence-electron chi connectivity index (χ4n) is 9.03. The maximum atomic E-state index is 13.3. The summed E-state index contributed by atoms with van der Waals surface area (Å²) in [7, 11) is 0. The fraction of sp³-hybridized carbons (Fsp3) is 0.381. The van der Waals surface area contributed by atoms with E-state index in [0.29, 0.717) is 17.0 Å². The second kappa shape index (κ2) is 17.7. The van der Waals surface area contributed by atoms with Gasteiger partial charge >= 0.3 is 16.5 Å². The van der Waals surface area contributed by atoms with E-state index in [1.54, 1.807) is 0 Å². The molecule has 4 aliphatic heterocycles. The van der Waals surface area contributed by atoms with E-state index < -0.39 is 0 Å². The zero-order valence-corrected chi connectivity index (χ0v) is 45.4. The minimum Gasteiger partial charge on any atom is -0.877 e. The van der Waals surface area contributed by atoms with E-state index >= 15 is 0 Å². The average molecular weight is 960 g/mol. The molecule has 0 N–H and O–H groups in total. The van der Waals surface area contributed by atoms with Crippen LogP contribution < -0.4 is 10.1 Å². The Morgan fingerprint density at radius 2 is 0.638 bits per heavy atom. The van der Waals surface area contributed by atoms with Gasteiger partial charge < -0.3 is 10.1 Å². The van der Waals surface area contributed by atoms with Gasteiger partial charge in [-0.25, -0.2) is 15.0 Å². The Morgan fingerprint density at radius 1 is 0.362 bits per heavy atom. The Morgan fingerprint density at radius 3 is 0.957 bits per heavy atom. The first kappa shape index (κ1) is 51.3. The maximum absolute atomic E-state index is 13.3. The van der Waals surface area contributed by atoms with Crippen LogP contribution in [0.2, 0.25) is 0 Å². The smallest absolute Gasteiger partial charge is 0.877 e. The number of aromatic nitrogens is 1. The summed E-state index contributed by atoms with van der Waals surface area (Å²) < 4.78 is 0. The number of rotatable bonds is 3. The van der Waals surface area contributed by atoms with Gasteiger partial charge in [0.2, 0.25) is 0 Å². The Kier molecular flexibility index (Phi) is 13.1. The Labute approximate surface area is 423 Å². The summed E-state index contributed by atoms with van der Waals surface area (Å²) in [4.78, 5) is 21.9. The summed E-state index contributed by atoms with van der Waals surface area (Å²) in [6, 6.07) is 24.9. The molecule has 0 spiro atoms.